The summed E-state index contributed by atoms with van der Waals surface area (Å²) in [6.07, 6.45) is 0. The Kier molecular flexibility index (Phi) is 6.12. The van der Waals surface area contributed by atoms with E-state index in [1.54, 1.807) is 6.92 Å². The van der Waals surface area contributed by atoms with Gasteiger partial charge in [-0.05, 0) is 19.1 Å². The van der Waals surface area contributed by atoms with Gasteiger partial charge in [0.25, 0.3) is 0 Å². The number of ether oxygens (including phenoxy) is 4. The van der Waals surface area contributed by atoms with Crippen LogP contribution in [0.15, 0.2) is 29.5 Å². The highest BCUT2D eigenvalue weighted by Gasteiger charge is 2.33. The maximum Gasteiger partial charge on any atom is 0.355 e. The van der Waals surface area contributed by atoms with Gasteiger partial charge in [-0.3, -0.25) is 10.1 Å². The summed E-state index contributed by atoms with van der Waals surface area (Å²) in [6.45, 7) is 1.71. The molecule has 1 aromatic rings. The van der Waals surface area contributed by atoms with E-state index in [0.717, 1.165) is 0 Å². The molecule has 0 saturated carbocycles. The molecule has 0 spiro atoms. The summed E-state index contributed by atoms with van der Waals surface area (Å²) >= 11 is 0. The fraction of sp³-hybridized carbons (Fsp3) is 0.375. The van der Waals surface area contributed by atoms with E-state index in [-0.39, 0.29) is 48.3 Å². The minimum Gasteiger partial charge on any atom is -0.487 e. The highest BCUT2D eigenvalue weighted by Crippen LogP contribution is 2.34. The maximum atomic E-state index is 12.2. The lowest BCUT2D eigenvalue weighted by Crippen LogP contribution is -2.38. The van der Waals surface area contributed by atoms with Gasteiger partial charge in [-0.25, -0.2) is 9.59 Å². The minimum atomic E-state index is -0.787. The SMILES string of the molecule is CCOc1ccc(N2COCC(C(=O)OC)=C2C(=O)OC)cc1[N+](=O)[O-]. The Morgan fingerprint density at radius 1 is 1.27 bits per heavy atom. The summed E-state index contributed by atoms with van der Waals surface area (Å²) < 4.78 is 20.0. The Hall–Kier alpha value is -3.14. The second-order valence-electron chi connectivity index (χ2n) is 5.06. The molecule has 0 radical (unpaired) electrons. The van der Waals surface area contributed by atoms with E-state index < -0.39 is 16.9 Å². The number of benzene rings is 1. The van der Waals surface area contributed by atoms with Crippen molar-refractivity contribution >= 4 is 23.3 Å². The van der Waals surface area contributed by atoms with Gasteiger partial charge in [0, 0.05) is 6.07 Å². The molecule has 140 valence electrons. The topological polar surface area (TPSA) is 117 Å². The molecule has 10 heteroatoms. The summed E-state index contributed by atoms with van der Waals surface area (Å²) in [7, 11) is 2.34. The number of rotatable bonds is 6. The lowest BCUT2D eigenvalue weighted by Gasteiger charge is -2.31. The van der Waals surface area contributed by atoms with Crippen LogP contribution in [0.2, 0.25) is 0 Å². The van der Waals surface area contributed by atoms with Crippen LogP contribution in [0.4, 0.5) is 11.4 Å². The van der Waals surface area contributed by atoms with Crippen molar-refractivity contribution in [2.75, 3.05) is 39.1 Å². The predicted octanol–water partition coefficient (Wildman–Crippen LogP) is 1.39. The van der Waals surface area contributed by atoms with Crippen molar-refractivity contribution in [3.8, 4) is 5.75 Å². The van der Waals surface area contributed by atoms with Gasteiger partial charge in [-0.2, -0.15) is 0 Å². The molecule has 2 rings (SSSR count). The Bertz CT molecular complexity index is 759. The summed E-state index contributed by atoms with van der Waals surface area (Å²) in [6, 6.07) is 4.17. The summed E-state index contributed by atoms with van der Waals surface area (Å²) in [5.74, 6) is -1.45. The largest absolute Gasteiger partial charge is 0.487 e. The lowest BCUT2D eigenvalue weighted by atomic mass is 10.1. The number of nitrogens with zero attached hydrogens (tertiary/aromatic N) is 2. The number of nitro groups is 1. The third-order valence-corrected chi connectivity index (χ3v) is 3.58. The Morgan fingerprint density at radius 3 is 2.54 bits per heavy atom. The highest BCUT2D eigenvalue weighted by atomic mass is 16.6. The molecule has 1 aliphatic heterocycles. The first-order chi connectivity index (χ1) is 12.4. The molecule has 1 heterocycles. The van der Waals surface area contributed by atoms with Crippen LogP contribution < -0.4 is 9.64 Å². The third-order valence-electron chi connectivity index (χ3n) is 3.58. The molecule has 0 saturated heterocycles. The average molecular weight is 366 g/mol. The molecule has 0 aliphatic carbocycles. The smallest absolute Gasteiger partial charge is 0.355 e. The first kappa shape index (κ1) is 19.2. The number of anilines is 1. The molecule has 0 amide bonds. The van der Waals surface area contributed by atoms with Crippen LogP contribution in [-0.2, 0) is 23.8 Å². The van der Waals surface area contributed by atoms with E-state index in [4.69, 9.17) is 14.2 Å². The van der Waals surface area contributed by atoms with Gasteiger partial charge in [0.2, 0.25) is 0 Å². The third kappa shape index (κ3) is 3.75. The molecule has 1 aliphatic rings. The average Bonchev–Trinajstić information content (AvgIpc) is 2.66. The van der Waals surface area contributed by atoms with E-state index in [0.29, 0.717) is 0 Å². The number of hydrogen-bond donors (Lipinski definition) is 0. The van der Waals surface area contributed by atoms with Crippen molar-refractivity contribution in [3.63, 3.8) is 0 Å². The monoisotopic (exact) mass is 366 g/mol. The van der Waals surface area contributed by atoms with Crippen LogP contribution in [0.25, 0.3) is 0 Å². The quantitative estimate of drug-likeness (QED) is 0.418. The Morgan fingerprint density at radius 2 is 1.96 bits per heavy atom. The summed E-state index contributed by atoms with van der Waals surface area (Å²) in [5, 5.41) is 11.3. The number of nitro benzene ring substituents is 1. The number of esters is 2. The second-order valence-corrected chi connectivity index (χ2v) is 5.06. The Labute approximate surface area is 149 Å². The zero-order valence-corrected chi connectivity index (χ0v) is 14.5. The fourth-order valence-electron chi connectivity index (χ4n) is 2.44. The molecule has 10 nitrogen and oxygen atoms in total. The normalized spacial score (nSPS) is 14.0. The van der Waals surface area contributed by atoms with E-state index >= 15 is 0 Å². The molecule has 0 unspecified atom stereocenters. The van der Waals surface area contributed by atoms with E-state index in [1.165, 1.54) is 37.3 Å². The van der Waals surface area contributed by atoms with Crippen molar-refractivity contribution in [1.29, 1.82) is 0 Å². The molecule has 0 aromatic heterocycles. The van der Waals surface area contributed by atoms with E-state index in [1.807, 2.05) is 0 Å². The van der Waals surface area contributed by atoms with Crippen molar-refractivity contribution < 1.29 is 33.5 Å². The highest BCUT2D eigenvalue weighted by molar-refractivity contribution is 6.03. The predicted molar refractivity (Wildman–Crippen MR) is 88.6 cm³/mol. The first-order valence-corrected chi connectivity index (χ1v) is 7.60. The van der Waals surface area contributed by atoms with E-state index in [2.05, 4.69) is 4.74 Å². The van der Waals surface area contributed by atoms with Crippen LogP contribution >= 0.6 is 0 Å². The number of methoxy groups -OCH3 is 2. The van der Waals surface area contributed by atoms with Gasteiger partial charge in [0.15, 0.2) is 5.75 Å². The van der Waals surface area contributed by atoms with Gasteiger partial charge in [0.05, 0.1) is 43.6 Å². The zero-order valence-electron chi connectivity index (χ0n) is 14.5. The molecule has 1 aromatic carbocycles. The molecule has 26 heavy (non-hydrogen) atoms. The van der Waals surface area contributed by atoms with Crippen molar-refractivity contribution in [3.05, 3.63) is 39.6 Å². The van der Waals surface area contributed by atoms with Crippen LogP contribution in [0.3, 0.4) is 0 Å². The second kappa shape index (κ2) is 8.30. The van der Waals surface area contributed by atoms with Gasteiger partial charge in [-0.15, -0.1) is 0 Å². The van der Waals surface area contributed by atoms with Crippen LogP contribution in [-0.4, -0.2) is 51.0 Å². The molecule has 0 N–H and O–H groups in total. The van der Waals surface area contributed by atoms with Gasteiger partial charge < -0.3 is 23.8 Å². The number of carbonyl (C=O) groups excluding carboxylic acids is 2. The number of carbonyl (C=O) groups is 2. The number of hydrogen-bond acceptors (Lipinski definition) is 9. The van der Waals surface area contributed by atoms with E-state index in [9.17, 15) is 19.7 Å². The lowest BCUT2D eigenvalue weighted by molar-refractivity contribution is -0.385. The van der Waals surface area contributed by atoms with Crippen LogP contribution in [0.1, 0.15) is 6.92 Å². The maximum absolute atomic E-state index is 12.2. The molecular formula is C16H18N2O8. The minimum absolute atomic E-state index is 0.0397. The van der Waals surface area contributed by atoms with Gasteiger partial charge >= 0.3 is 17.6 Å². The summed E-state index contributed by atoms with van der Waals surface area (Å²) in [5.41, 5.74) is -0.147. The molecule has 0 bridgehead atoms. The van der Waals surface area contributed by atoms with Crippen LogP contribution in [0.5, 0.6) is 5.75 Å². The zero-order chi connectivity index (χ0) is 19.3. The Balaban J connectivity index is 2.57. The van der Waals surface area contributed by atoms with Crippen molar-refractivity contribution in [2.24, 2.45) is 0 Å². The van der Waals surface area contributed by atoms with Crippen LogP contribution in [0, 0.1) is 10.1 Å². The van der Waals surface area contributed by atoms with Gasteiger partial charge in [-0.1, -0.05) is 0 Å². The standard InChI is InChI=1S/C16H18N2O8/c1-4-26-13-6-5-10(7-12(13)18(21)22)17-9-25-8-11(15(19)23-2)14(17)16(20)24-3/h5-7H,4,8-9H2,1-3H3. The fourth-order valence-corrected chi connectivity index (χ4v) is 2.44. The first-order valence-electron chi connectivity index (χ1n) is 7.60. The van der Waals surface area contributed by atoms with Gasteiger partial charge in [0.1, 0.15) is 12.4 Å². The molecular weight excluding hydrogens is 348 g/mol. The van der Waals surface area contributed by atoms with Crippen molar-refractivity contribution in [2.45, 2.75) is 6.92 Å². The molecule has 0 fully saturated rings. The summed E-state index contributed by atoms with van der Waals surface area (Å²) in [4.78, 5) is 36.2. The molecule has 0 atom stereocenters. The van der Waals surface area contributed by atoms with Crippen molar-refractivity contribution in [1.82, 2.24) is 0 Å².